The Kier molecular flexibility index (Phi) is 4.56. The second-order valence-corrected chi connectivity index (χ2v) is 5.05. The van der Waals surface area contributed by atoms with Crippen LogP contribution in [-0.2, 0) is 9.53 Å². The molecule has 0 aliphatic rings. The third kappa shape index (κ3) is 3.12. The number of hydrogen-bond donors (Lipinski definition) is 1. The van der Waals surface area contributed by atoms with Gasteiger partial charge in [0.15, 0.2) is 0 Å². The van der Waals surface area contributed by atoms with Crippen molar-refractivity contribution in [1.29, 1.82) is 0 Å². The number of rotatable bonds is 5. The van der Waals surface area contributed by atoms with Crippen molar-refractivity contribution in [2.45, 2.75) is 6.92 Å². The van der Waals surface area contributed by atoms with E-state index < -0.39 is 5.97 Å². The fourth-order valence-electron chi connectivity index (χ4n) is 2.47. The molecule has 0 atom stereocenters. The third-order valence-electron chi connectivity index (χ3n) is 3.55. The number of nitrogens with zero attached hydrogens (tertiary/aromatic N) is 2. The van der Waals surface area contributed by atoms with Crippen LogP contribution in [0.15, 0.2) is 48.8 Å². The fourth-order valence-corrected chi connectivity index (χ4v) is 2.47. The van der Waals surface area contributed by atoms with Crippen LogP contribution < -0.4 is 4.74 Å². The van der Waals surface area contributed by atoms with Gasteiger partial charge in [0.2, 0.25) is 5.88 Å². The first-order chi connectivity index (χ1) is 11.7. The Balaban J connectivity index is 2.10. The smallest absolute Gasteiger partial charge is 0.331 e. The molecule has 0 unspecified atom stereocenters. The number of esters is 1. The summed E-state index contributed by atoms with van der Waals surface area (Å²) in [5, 5.41) is 7.91. The van der Waals surface area contributed by atoms with Crippen molar-refractivity contribution in [1.82, 2.24) is 15.2 Å². The third-order valence-corrected chi connectivity index (χ3v) is 3.55. The lowest BCUT2D eigenvalue weighted by atomic mass is 9.98. The van der Waals surface area contributed by atoms with Crippen molar-refractivity contribution in [3.8, 4) is 5.88 Å². The highest BCUT2D eigenvalue weighted by Gasteiger charge is 2.12. The van der Waals surface area contributed by atoms with Gasteiger partial charge in [-0.2, -0.15) is 0 Å². The number of ether oxygens (including phenoxy) is 2. The summed E-state index contributed by atoms with van der Waals surface area (Å²) in [6.07, 6.45) is 4.88. The summed E-state index contributed by atoms with van der Waals surface area (Å²) in [4.78, 5) is 16.1. The SMILES string of the molecule is CCOC(=O)C=C(c1cccnc1)c1ccc2c(OC)n[nH]c2c1. The quantitative estimate of drug-likeness (QED) is 0.577. The molecule has 0 aliphatic heterocycles. The lowest BCUT2D eigenvalue weighted by Crippen LogP contribution is -2.02. The molecule has 6 nitrogen and oxygen atoms in total. The van der Waals surface area contributed by atoms with Crippen LogP contribution in [0.2, 0.25) is 0 Å². The predicted octanol–water partition coefficient (Wildman–Crippen LogP) is 2.96. The Hall–Kier alpha value is -3.15. The van der Waals surface area contributed by atoms with Crippen molar-refractivity contribution >= 4 is 22.4 Å². The minimum Gasteiger partial charge on any atom is -0.480 e. The van der Waals surface area contributed by atoms with Crippen molar-refractivity contribution in [3.05, 3.63) is 59.9 Å². The summed E-state index contributed by atoms with van der Waals surface area (Å²) in [7, 11) is 1.57. The molecule has 0 spiro atoms. The van der Waals surface area contributed by atoms with E-state index in [1.807, 2.05) is 30.3 Å². The number of benzene rings is 1. The molecule has 2 aromatic heterocycles. The van der Waals surface area contributed by atoms with Crippen LogP contribution in [0.25, 0.3) is 16.5 Å². The van der Waals surface area contributed by atoms with Crippen molar-refractivity contribution < 1.29 is 14.3 Å². The van der Waals surface area contributed by atoms with Crippen LogP contribution in [0.5, 0.6) is 5.88 Å². The molecule has 0 amide bonds. The largest absolute Gasteiger partial charge is 0.480 e. The van der Waals surface area contributed by atoms with E-state index in [0.29, 0.717) is 12.5 Å². The van der Waals surface area contributed by atoms with Crippen LogP contribution >= 0.6 is 0 Å². The lowest BCUT2D eigenvalue weighted by molar-refractivity contribution is -0.137. The van der Waals surface area contributed by atoms with Crippen LogP contribution in [0, 0.1) is 0 Å². The van der Waals surface area contributed by atoms with E-state index in [1.54, 1.807) is 26.4 Å². The molecule has 0 bridgehead atoms. The average Bonchev–Trinajstić information content (AvgIpc) is 3.03. The topological polar surface area (TPSA) is 77.1 Å². The number of aromatic amines is 1. The molecule has 0 saturated carbocycles. The van der Waals surface area contributed by atoms with Gasteiger partial charge in [0.25, 0.3) is 0 Å². The van der Waals surface area contributed by atoms with Gasteiger partial charge in [-0.3, -0.25) is 10.1 Å². The summed E-state index contributed by atoms with van der Waals surface area (Å²) in [5.41, 5.74) is 3.24. The fraction of sp³-hybridized carbons (Fsp3) is 0.167. The number of fused-ring (bicyclic) bond motifs is 1. The average molecular weight is 323 g/mol. The van der Waals surface area contributed by atoms with E-state index in [1.165, 1.54) is 6.08 Å². The molecule has 1 aromatic carbocycles. The second-order valence-electron chi connectivity index (χ2n) is 5.05. The number of hydrogen-bond acceptors (Lipinski definition) is 5. The van der Waals surface area contributed by atoms with Gasteiger partial charge in [-0.15, -0.1) is 5.10 Å². The normalized spacial score (nSPS) is 11.5. The van der Waals surface area contributed by atoms with Crippen LogP contribution in [0.1, 0.15) is 18.1 Å². The van der Waals surface area contributed by atoms with E-state index in [-0.39, 0.29) is 0 Å². The number of H-pyrrole nitrogens is 1. The maximum atomic E-state index is 12.0. The molecule has 24 heavy (non-hydrogen) atoms. The Morgan fingerprint density at radius 3 is 2.88 bits per heavy atom. The minimum absolute atomic E-state index is 0.326. The Morgan fingerprint density at radius 1 is 1.29 bits per heavy atom. The molecular weight excluding hydrogens is 306 g/mol. The van der Waals surface area contributed by atoms with Crippen LogP contribution in [-0.4, -0.2) is 34.9 Å². The van der Waals surface area contributed by atoms with Crippen molar-refractivity contribution in [2.75, 3.05) is 13.7 Å². The summed E-state index contributed by atoms with van der Waals surface area (Å²) < 4.78 is 10.3. The van der Waals surface area contributed by atoms with E-state index in [9.17, 15) is 4.79 Å². The van der Waals surface area contributed by atoms with Gasteiger partial charge < -0.3 is 9.47 Å². The van der Waals surface area contributed by atoms with Gasteiger partial charge in [-0.05, 0) is 36.3 Å². The van der Waals surface area contributed by atoms with E-state index in [4.69, 9.17) is 9.47 Å². The number of aromatic nitrogens is 3. The Morgan fingerprint density at radius 2 is 2.17 bits per heavy atom. The first-order valence-electron chi connectivity index (χ1n) is 7.54. The molecule has 3 rings (SSSR count). The van der Waals surface area contributed by atoms with Gasteiger partial charge in [-0.25, -0.2) is 4.79 Å². The number of methoxy groups -OCH3 is 1. The number of carbonyl (C=O) groups is 1. The molecule has 1 N–H and O–H groups in total. The van der Waals surface area contributed by atoms with Gasteiger partial charge in [0, 0.05) is 24.0 Å². The number of carbonyl (C=O) groups excluding carboxylic acids is 1. The van der Waals surface area contributed by atoms with Gasteiger partial charge in [0.05, 0.1) is 24.6 Å². The maximum absolute atomic E-state index is 12.0. The molecule has 122 valence electrons. The van der Waals surface area contributed by atoms with Crippen LogP contribution in [0.3, 0.4) is 0 Å². The predicted molar refractivity (Wildman–Crippen MR) is 90.6 cm³/mol. The van der Waals surface area contributed by atoms with Gasteiger partial charge in [0.1, 0.15) is 0 Å². The minimum atomic E-state index is -0.390. The summed E-state index contributed by atoms with van der Waals surface area (Å²) in [5.74, 6) is 0.146. The molecule has 0 aliphatic carbocycles. The molecule has 2 heterocycles. The number of nitrogens with one attached hydrogen (secondary N) is 1. The molecule has 0 fully saturated rings. The van der Waals surface area contributed by atoms with Gasteiger partial charge in [-0.1, -0.05) is 12.1 Å². The second kappa shape index (κ2) is 6.95. The van der Waals surface area contributed by atoms with Gasteiger partial charge >= 0.3 is 5.97 Å². The molecule has 0 saturated heterocycles. The molecule has 3 aromatic rings. The van der Waals surface area contributed by atoms with Crippen LogP contribution in [0.4, 0.5) is 0 Å². The lowest BCUT2D eigenvalue weighted by Gasteiger charge is -2.08. The van der Waals surface area contributed by atoms with Crippen molar-refractivity contribution in [3.63, 3.8) is 0 Å². The Bertz CT molecular complexity index is 885. The number of pyridine rings is 1. The highest BCUT2D eigenvalue weighted by atomic mass is 16.5. The molecule has 6 heteroatoms. The summed E-state index contributed by atoms with van der Waals surface area (Å²) in [6, 6.07) is 9.46. The molecular formula is C18H17N3O3. The zero-order valence-corrected chi connectivity index (χ0v) is 13.4. The molecule has 0 radical (unpaired) electrons. The zero-order chi connectivity index (χ0) is 16.9. The summed E-state index contributed by atoms with van der Waals surface area (Å²) in [6.45, 7) is 2.10. The zero-order valence-electron chi connectivity index (χ0n) is 13.4. The van der Waals surface area contributed by atoms with E-state index in [2.05, 4.69) is 15.2 Å². The highest BCUT2D eigenvalue weighted by Crippen LogP contribution is 2.29. The highest BCUT2D eigenvalue weighted by molar-refractivity contribution is 5.98. The van der Waals surface area contributed by atoms with E-state index in [0.717, 1.165) is 27.6 Å². The summed E-state index contributed by atoms with van der Waals surface area (Å²) >= 11 is 0. The first kappa shape index (κ1) is 15.7. The first-order valence-corrected chi connectivity index (χ1v) is 7.54. The Labute approximate surface area is 139 Å². The standard InChI is InChI=1S/C18H17N3O3/c1-3-24-17(22)10-15(13-5-4-8-19-11-13)12-6-7-14-16(9-12)20-21-18(14)23-2/h4-11H,3H2,1-2H3,(H,20,21). The maximum Gasteiger partial charge on any atom is 0.331 e. The monoisotopic (exact) mass is 323 g/mol. The van der Waals surface area contributed by atoms with E-state index >= 15 is 0 Å². The van der Waals surface area contributed by atoms with Crippen molar-refractivity contribution in [2.24, 2.45) is 0 Å².